The number of Topliss-reactive ketones (excluding diaryl/α,β-unsaturated/α-hetero) is 1. The van der Waals surface area contributed by atoms with Gasteiger partial charge in [-0.25, -0.2) is 17.5 Å². The number of carbonyl (C=O) groups excluding carboxylic acids is 2. The van der Waals surface area contributed by atoms with E-state index in [1.165, 1.54) is 31.2 Å². The number of aromatic carboxylic acids is 1. The summed E-state index contributed by atoms with van der Waals surface area (Å²) in [7, 11) is -4.09. The first-order valence-corrected chi connectivity index (χ1v) is 9.52. The number of sulfonamides is 1. The zero-order valence-corrected chi connectivity index (χ0v) is 15.2. The third-order valence-electron chi connectivity index (χ3n) is 3.62. The molecule has 0 saturated heterocycles. The summed E-state index contributed by atoms with van der Waals surface area (Å²) in [6, 6.07) is 4.70. The van der Waals surface area contributed by atoms with E-state index in [-0.39, 0.29) is 35.6 Å². The fourth-order valence-corrected chi connectivity index (χ4v) is 3.65. The average Bonchev–Trinajstić information content (AvgIpc) is 2.56. The molecule has 0 saturated carbocycles. The van der Waals surface area contributed by atoms with Crippen LogP contribution in [0.3, 0.4) is 0 Å². The van der Waals surface area contributed by atoms with Crippen LogP contribution in [0.5, 0.6) is 0 Å². The Kier molecular flexibility index (Phi) is 7.76. The van der Waals surface area contributed by atoms with Crippen LogP contribution in [0.15, 0.2) is 29.2 Å². The second-order valence-electron chi connectivity index (χ2n) is 5.71. The van der Waals surface area contributed by atoms with Crippen molar-refractivity contribution in [3.05, 3.63) is 29.8 Å². The van der Waals surface area contributed by atoms with Gasteiger partial charge in [-0.15, -0.1) is 0 Å². The van der Waals surface area contributed by atoms with Crippen LogP contribution < -0.4 is 0 Å². The molecule has 0 aliphatic rings. The molecule has 0 fully saturated rings. The van der Waals surface area contributed by atoms with Gasteiger partial charge in [-0.05, 0) is 37.6 Å². The van der Waals surface area contributed by atoms with Crippen LogP contribution in [0.1, 0.15) is 56.3 Å². The van der Waals surface area contributed by atoms with Crippen molar-refractivity contribution >= 4 is 27.7 Å². The fourth-order valence-electron chi connectivity index (χ4n) is 2.19. The van der Waals surface area contributed by atoms with Crippen molar-refractivity contribution in [1.82, 2.24) is 4.31 Å². The molecule has 1 N–H and O–H groups in total. The molecule has 0 atom stereocenters. The molecular weight excluding hydrogens is 346 g/mol. The highest BCUT2D eigenvalue weighted by atomic mass is 32.2. The third-order valence-corrected chi connectivity index (χ3v) is 5.46. The van der Waals surface area contributed by atoms with Gasteiger partial charge in [-0.2, -0.15) is 0 Å². The Morgan fingerprint density at radius 1 is 1.04 bits per heavy atom. The Balaban J connectivity index is 3.09. The van der Waals surface area contributed by atoms with Gasteiger partial charge in [0.15, 0.2) is 0 Å². The molecule has 1 aromatic carbocycles. The number of benzene rings is 1. The molecule has 0 spiro atoms. The van der Waals surface area contributed by atoms with E-state index >= 15 is 0 Å². The number of unbranched alkanes of at least 4 members (excludes halogenated alkanes) is 2. The first-order chi connectivity index (χ1) is 11.7. The number of carboxylic acid groups (broad SMARTS) is 1. The number of nitrogens with zero attached hydrogens (tertiary/aromatic N) is 1. The molecule has 0 bridgehead atoms. The maximum absolute atomic E-state index is 12.8. The number of amides is 1. The summed E-state index contributed by atoms with van der Waals surface area (Å²) in [5.41, 5.74) is -0.0422. The SMILES string of the molecule is CCCCCN(C(=O)CCC(C)=O)S(=O)(=O)c1ccc(C(=O)O)cc1. The number of hydrogen-bond donors (Lipinski definition) is 1. The van der Waals surface area contributed by atoms with Gasteiger partial charge in [0.25, 0.3) is 10.0 Å². The summed E-state index contributed by atoms with van der Waals surface area (Å²) in [6.45, 7) is 3.34. The minimum atomic E-state index is -4.09. The second kappa shape index (κ2) is 9.31. The lowest BCUT2D eigenvalue weighted by atomic mass is 10.2. The van der Waals surface area contributed by atoms with Crippen LogP contribution in [-0.4, -0.2) is 42.0 Å². The van der Waals surface area contributed by atoms with Gasteiger partial charge in [0, 0.05) is 19.4 Å². The lowest BCUT2D eigenvalue weighted by molar-refractivity contribution is -0.128. The highest BCUT2D eigenvalue weighted by molar-refractivity contribution is 7.89. The van der Waals surface area contributed by atoms with E-state index in [1.54, 1.807) is 0 Å². The summed E-state index contributed by atoms with van der Waals surface area (Å²) in [5, 5.41) is 8.90. The van der Waals surface area contributed by atoms with Gasteiger partial charge >= 0.3 is 5.97 Å². The smallest absolute Gasteiger partial charge is 0.335 e. The monoisotopic (exact) mass is 369 g/mol. The van der Waals surface area contributed by atoms with E-state index in [0.29, 0.717) is 6.42 Å². The quantitative estimate of drug-likeness (QED) is 0.635. The van der Waals surface area contributed by atoms with Gasteiger partial charge in [0.2, 0.25) is 5.91 Å². The second-order valence-corrected chi connectivity index (χ2v) is 7.57. The van der Waals surface area contributed by atoms with E-state index in [1.807, 2.05) is 6.92 Å². The zero-order chi connectivity index (χ0) is 19.0. The first-order valence-electron chi connectivity index (χ1n) is 8.08. The van der Waals surface area contributed by atoms with Crippen molar-refractivity contribution < 1.29 is 27.9 Å². The van der Waals surface area contributed by atoms with Crippen LogP contribution in [-0.2, 0) is 19.6 Å². The molecule has 0 heterocycles. The fraction of sp³-hybridized carbons (Fsp3) is 0.471. The van der Waals surface area contributed by atoms with Crippen LogP contribution in [0.4, 0.5) is 0 Å². The van der Waals surface area contributed by atoms with Crippen molar-refractivity contribution in [3.63, 3.8) is 0 Å². The van der Waals surface area contributed by atoms with E-state index in [0.717, 1.165) is 17.1 Å². The average molecular weight is 369 g/mol. The van der Waals surface area contributed by atoms with E-state index in [2.05, 4.69) is 0 Å². The zero-order valence-electron chi connectivity index (χ0n) is 14.4. The van der Waals surface area contributed by atoms with Gasteiger partial charge in [-0.3, -0.25) is 4.79 Å². The molecule has 0 unspecified atom stereocenters. The number of rotatable bonds is 10. The topological polar surface area (TPSA) is 109 Å². The van der Waals surface area contributed by atoms with E-state index < -0.39 is 21.9 Å². The number of hydrogen-bond acceptors (Lipinski definition) is 5. The van der Waals surface area contributed by atoms with Crippen molar-refractivity contribution in [2.45, 2.75) is 50.8 Å². The van der Waals surface area contributed by atoms with E-state index in [4.69, 9.17) is 5.11 Å². The van der Waals surface area contributed by atoms with Crippen molar-refractivity contribution in [1.29, 1.82) is 0 Å². The van der Waals surface area contributed by atoms with Gasteiger partial charge in [0.05, 0.1) is 10.5 Å². The standard InChI is InChI=1S/C17H23NO6S/c1-3-4-5-12-18(16(20)11-6-13(2)19)25(23,24)15-9-7-14(8-10-15)17(21)22/h7-10H,3-6,11-12H2,1-2H3,(H,21,22). The first kappa shape index (κ1) is 20.8. The number of carboxylic acids is 1. The molecule has 25 heavy (non-hydrogen) atoms. The lowest BCUT2D eigenvalue weighted by Crippen LogP contribution is -2.37. The van der Waals surface area contributed by atoms with Crippen LogP contribution in [0, 0.1) is 0 Å². The molecule has 8 heteroatoms. The Morgan fingerprint density at radius 3 is 2.12 bits per heavy atom. The van der Waals surface area contributed by atoms with E-state index in [9.17, 15) is 22.8 Å². The van der Waals surface area contributed by atoms with Crippen molar-refractivity contribution in [2.75, 3.05) is 6.54 Å². The summed E-state index contributed by atoms with van der Waals surface area (Å²) in [6.07, 6.45) is 1.96. The molecule has 1 amide bonds. The number of carbonyl (C=O) groups is 3. The Morgan fingerprint density at radius 2 is 1.64 bits per heavy atom. The van der Waals surface area contributed by atoms with Crippen molar-refractivity contribution in [2.24, 2.45) is 0 Å². The molecule has 7 nitrogen and oxygen atoms in total. The van der Waals surface area contributed by atoms with Crippen LogP contribution in [0.2, 0.25) is 0 Å². The Bertz CT molecular complexity index is 724. The van der Waals surface area contributed by atoms with Gasteiger partial charge in [-0.1, -0.05) is 19.8 Å². The van der Waals surface area contributed by atoms with Gasteiger partial charge in [0.1, 0.15) is 5.78 Å². The molecular formula is C17H23NO6S. The molecule has 1 aromatic rings. The molecule has 0 aliphatic heterocycles. The molecule has 1 rings (SSSR count). The molecule has 0 radical (unpaired) electrons. The summed E-state index contributed by atoms with van der Waals surface area (Å²) in [4.78, 5) is 34.1. The summed E-state index contributed by atoms with van der Waals surface area (Å²) >= 11 is 0. The largest absolute Gasteiger partial charge is 0.478 e. The molecule has 138 valence electrons. The minimum absolute atomic E-state index is 0.0173. The number of ketones is 1. The van der Waals surface area contributed by atoms with Crippen LogP contribution in [0.25, 0.3) is 0 Å². The van der Waals surface area contributed by atoms with Crippen molar-refractivity contribution in [3.8, 4) is 0 Å². The maximum Gasteiger partial charge on any atom is 0.335 e. The van der Waals surface area contributed by atoms with Gasteiger partial charge < -0.3 is 9.90 Å². The highest BCUT2D eigenvalue weighted by Crippen LogP contribution is 2.19. The summed E-state index contributed by atoms with van der Waals surface area (Å²) in [5.74, 6) is -1.99. The molecule has 0 aromatic heterocycles. The predicted molar refractivity (Wildman–Crippen MR) is 91.7 cm³/mol. The Hall–Kier alpha value is -2.22. The molecule has 0 aliphatic carbocycles. The van der Waals surface area contributed by atoms with Crippen LogP contribution >= 0.6 is 0 Å². The predicted octanol–water partition coefficient (Wildman–Crippen LogP) is 2.46. The maximum atomic E-state index is 12.8. The normalized spacial score (nSPS) is 11.1. The summed E-state index contributed by atoms with van der Waals surface area (Å²) < 4.78 is 26.3. The third kappa shape index (κ3) is 5.97. The lowest BCUT2D eigenvalue weighted by Gasteiger charge is -2.22. The minimum Gasteiger partial charge on any atom is -0.478 e. The Labute approximate surface area is 147 Å². The highest BCUT2D eigenvalue weighted by Gasteiger charge is 2.28.